The van der Waals surface area contributed by atoms with E-state index in [1.165, 1.54) is 0 Å². The fourth-order valence-corrected chi connectivity index (χ4v) is 2.80. The highest BCUT2D eigenvalue weighted by atomic mass is 16.5. The van der Waals surface area contributed by atoms with Gasteiger partial charge in [-0.2, -0.15) is 0 Å². The molecule has 128 valence electrons. The highest BCUT2D eigenvalue weighted by Crippen LogP contribution is 2.35. The van der Waals surface area contributed by atoms with Gasteiger partial charge in [-0.25, -0.2) is 0 Å². The van der Waals surface area contributed by atoms with Gasteiger partial charge in [0.15, 0.2) is 0 Å². The van der Waals surface area contributed by atoms with Crippen LogP contribution in [0.25, 0.3) is 12.2 Å². The summed E-state index contributed by atoms with van der Waals surface area (Å²) in [4.78, 5) is 12.6. The van der Waals surface area contributed by atoms with Crippen LogP contribution in [0.15, 0.2) is 48.6 Å². The first-order valence-corrected chi connectivity index (χ1v) is 7.89. The SMILES string of the molecule is COc1cc(OC)c(/C=C/C2C=Cc3ccccc3[N+]2=O)c(OC)c1. The summed E-state index contributed by atoms with van der Waals surface area (Å²) in [7, 11) is 4.76. The summed E-state index contributed by atoms with van der Waals surface area (Å²) >= 11 is 0. The van der Waals surface area contributed by atoms with Gasteiger partial charge in [-0.1, -0.05) is 12.1 Å². The van der Waals surface area contributed by atoms with Gasteiger partial charge in [0.2, 0.25) is 6.04 Å². The molecule has 0 saturated heterocycles. The molecule has 0 spiro atoms. The van der Waals surface area contributed by atoms with Crippen molar-refractivity contribution in [3.63, 3.8) is 0 Å². The lowest BCUT2D eigenvalue weighted by atomic mass is 10.0. The van der Waals surface area contributed by atoms with E-state index in [0.717, 1.165) is 15.9 Å². The highest BCUT2D eigenvalue weighted by Gasteiger charge is 2.28. The third kappa shape index (κ3) is 3.26. The van der Waals surface area contributed by atoms with E-state index in [0.29, 0.717) is 22.9 Å². The molecular weight excluding hydrogens is 318 g/mol. The van der Waals surface area contributed by atoms with Gasteiger partial charge in [-0.15, -0.1) is 0 Å². The summed E-state index contributed by atoms with van der Waals surface area (Å²) in [5.74, 6) is 1.87. The molecule has 1 heterocycles. The summed E-state index contributed by atoms with van der Waals surface area (Å²) < 4.78 is 17.1. The van der Waals surface area contributed by atoms with Crippen LogP contribution < -0.4 is 14.2 Å². The van der Waals surface area contributed by atoms with Gasteiger partial charge < -0.3 is 14.2 Å². The van der Waals surface area contributed by atoms with Crippen molar-refractivity contribution in [1.82, 2.24) is 0 Å². The van der Waals surface area contributed by atoms with Gasteiger partial charge in [-0.05, 0) is 30.4 Å². The second-order valence-corrected chi connectivity index (χ2v) is 5.54. The monoisotopic (exact) mass is 338 g/mol. The van der Waals surface area contributed by atoms with Gasteiger partial charge >= 0.3 is 0 Å². The van der Waals surface area contributed by atoms with Crippen LogP contribution in [-0.2, 0) is 0 Å². The first-order valence-electron chi connectivity index (χ1n) is 7.89. The van der Waals surface area contributed by atoms with Gasteiger partial charge in [0.1, 0.15) is 17.2 Å². The smallest absolute Gasteiger partial charge is 0.264 e. The maximum Gasteiger partial charge on any atom is 0.264 e. The van der Waals surface area contributed by atoms with Crippen LogP contribution >= 0.6 is 0 Å². The van der Waals surface area contributed by atoms with E-state index in [-0.39, 0.29) is 0 Å². The number of ether oxygens (including phenoxy) is 3. The molecule has 0 N–H and O–H groups in total. The Hall–Kier alpha value is -3.08. The molecule has 0 bridgehead atoms. The van der Waals surface area contributed by atoms with Crippen molar-refractivity contribution >= 4 is 17.8 Å². The zero-order chi connectivity index (χ0) is 17.8. The molecule has 0 fully saturated rings. The van der Waals surface area contributed by atoms with Gasteiger partial charge in [-0.3, -0.25) is 0 Å². The number of methoxy groups -OCH3 is 3. The van der Waals surface area contributed by atoms with Gasteiger partial charge in [0, 0.05) is 27.9 Å². The van der Waals surface area contributed by atoms with E-state index in [2.05, 4.69) is 0 Å². The summed E-state index contributed by atoms with van der Waals surface area (Å²) in [6.45, 7) is 0. The Bertz CT molecular complexity index is 830. The normalized spacial score (nSPS) is 16.0. The average molecular weight is 338 g/mol. The van der Waals surface area contributed by atoms with Gasteiger partial charge in [0.25, 0.3) is 5.69 Å². The van der Waals surface area contributed by atoms with Crippen LogP contribution in [-0.4, -0.2) is 32.1 Å². The molecule has 1 aliphatic rings. The molecule has 5 nitrogen and oxygen atoms in total. The molecule has 1 unspecified atom stereocenters. The molecule has 3 rings (SSSR count). The van der Waals surface area contributed by atoms with E-state index in [9.17, 15) is 4.91 Å². The molecule has 25 heavy (non-hydrogen) atoms. The number of rotatable bonds is 5. The lowest BCUT2D eigenvalue weighted by Crippen LogP contribution is -2.18. The Balaban J connectivity index is 1.94. The molecule has 5 heteroatoms. The van der Waals surface area contributed by atoms with E-state index in [1.54, 1.807) is 33.5 Å². The number of nitroso groups, excluding NO2 is 1. The average Bonchev–Trinajstić information content (AvgIpc) is 2.67. The second-order valence-electron chi connectivity index (χ2n) is 5.54. The summed E-state index contributed by atoms with van der Waals surface area (Å²) in [5.41, 5.74) is 2.33. The Morgan fingerprint density at radius 2 is 1.68 bits per heavy atom. The van der Waals surface area contributed by atoms with Crippen LogP contribution in [0.1, 0.15) is 11.1 Å². The summed E-state index contributed by atoms with van der Waals surface area (Å²) in [6.07, 6.45) is 7.49. The molecular formula is C20H20NO4+. The van der Waals surface area contributed by atoms with Crippen LogP contribution in [0.2, 0.25) is 0 Å². The summed E-state index contributed by atoms with van der Waals surface area (Å²) in [6, 6.07) is 10.7. The highest BCUT2D eigenvalue weighted by molar-refractivity contribution is 5.68. The van der Waals surface area contributed by atoms with E-state index >= 15 is 0 Å². The van der Waals surface area contributed by atoms with E-state index in [4.69, 9.17) is 14.2 Å². The van der Waals surface area contributed by atoms with Crippen molar-refractivity contribution in [3.8, 4) is 17.2 Å². The molecule has 1 atom stereocenters. The first kappa shape index (κ1) is 16.8. The molecule has 0 saturated carbocycles. The van der Waals surface area contributed by atoms with Crippen molar-refractivity contribution in [2.45, 2.75) is 6.04 Å². The lowest BCUT2D eigenvalue weighted by Gasteiger charge is -2.13. The van der Waals surface area contributed by atoms with E-state index < -0.39 is 6.04 Å². The third-order valence-corrected chi connectivity index (χ3v) is 4.13. The maximum absolute atomic E-state index is 12.6. The van der Waals surface area contributed by atoms with E-state index in [1.807, 2.05) is 48.6 Å². The van der Waals surface area contributed by atoms with Crippen molar-refractivity contribution in [2.75, 3.05) is 21.3 Å². The minimum atomic E-state index is -0.397. The first-order chi connectivity index (χ1) is 12.2. The molecule has 0 radical (unpaired) electrons. The third-order valence-electron chi connectivity index (χ3n) is 4.13. The van der Waals surface area contributed by atoms with Crippen LogP contribution in [0.3, 0.4) is 0 Å². The molecule has 2 aromatic carbocycles. The minimum absolute atomic E-state index is 0.397. The quantitative estimate of drug-likeness (QED) is 0.766. The fraction of sp³-hybridized carbons (Fsp3) is 0.200. The number of para-hydroxylation sites is 1. The standard InChI is InChI=1S/C20H20NO4/c1-23-16-12-19(24-2)17(20(13-16)25-3)11-10-15-9-8-14-6-4-5-7-18(14)21(15)22/h4-13,15H,1-3H3/q+1/b11-10+. The predicted molar refractivity (Wildman–Crippen MR) is 97.7 cm³/mol. The number of benzene rings is 2. The van der Waals surface area contributed by atoms with Crippen LogP contribution in [0.4, 0.5) is 5.69 Å². The van der Waals surface area contributed by atoms with Crippen molar-refractivity contribution in [1.29, 1.82) is 0 Å². The molecule has 0 amide bonds. The number of fused-ring (bicyclic) bond motifs is 1. The zero-order valence-corrected chi connectivity index (χ0v) is 14.4. The van der Waals surface area contributed by atoms with Crippen molar-refractivity contribution < 1.29 is 19.0 Å². The number of hydrogen-bond donors (Lipinski definition) is 0. The zero-order valence-electron chi connectivity index (χ0n) is 14.4. The number of hydrogen-bond acceptors (Lipinski definition) is 4. The lowest BCUT2D eigenvalue weighted by molar-refractivity contribution is -0.481. The van der Waals surface area contributed by atoms with Crippen LogP contribution in [0.5, 0.6) is 17.2 Å². The Morgan fingerprint density at radius 3 is 2.32 bits per heavy atom. The fourth-order valence-electron chi connectivity index (χ4n) is 2.80. The largest absolute Gasteiger partial charge is 0.496 e. The topological polar surface area (TPSA) is 47.8 Å². The maximum atomic E-state index is 12.6. The number of nitrogens with zero attached hydrogens (tertiary/aromatic N) is 1. The summed E-state index contributed by atoms with van der Waals surface area (Å²) in [5, 5.41) is 0. The van der Waals surface area contributed by atoms with Gasteiger partial charge in [0.05, 0.1) is 32.5 Å². The Morgan fingerprint density at radius 1 is 1.00 bits per heavy atom. The Labute approximate surface area is 146 Å². The molecule has 1 aliphatic heterocycles. The minimum Gasteiger partial charge on any atom is -0.496 e. The Kier molecular flexibility index (Phi) is 4.84. The van der Waals surface area contributed by atoms with Crippen molar-refractivity contribution in [3.05, 3.63) is 64.6 Å². The molecule has 2 aromatic rings. The van der Waals surface area contributed by atoms with Crippen LogP contribution in [0, 0.1) is 4.91 Å². The van der Waals surface area contributed by atoms with Crippen molar-refractivity contribution in [2.24, 2.45) is 0 Å². The second kappa shape index (κ2) is 7.21. The molecule has 0 aliphatic carbocycles. The predicted octanol–water partition coefficient (Wildman–Crippen LogP) is 4.23. The molecule has 0 aromatic heterocycles.